The Balaban J connectivity index is 0.000000140. The lowest BCUT2D eigenvalue weighted by Crippen LogP contribution is -2.34. The van der Waals surface area contributed by atoms with Gasteiger partial charge < -0.3 is 14.6 Å². The van der Waals surface area contributed by atoms with Gasteiger partial charge in [-0.15, -0.1) is 0 Å². The number of rotatable bonds is 3. The van der Waals surface area contributed by atoms with Crippen LogP contribution in [0.4, 0.5) is 5.69 Å². The molecule has 0 atom stereocenters. The van der Waals surface area contributed by atoms with Crippen molar-refractivity contribution in [2.24, 2.45) is 0 Å². The summed E-state index contributed by atoms with van der Waals surface area (Å²) in [7, 11) is 0. The van der Waals surface area contributed by atoms with Crippen LogP contribution in [0.5, 0.6) is 0 Å². The Morgan fingerprint density at radius 1 is 1.00 bits per heavy atom. The number of nitrogens with zero attached hydrogens (tertiary/aromatic N) is 4. The number of carbonyl (C=O) groups excluding carboxylic acids is 1. The van der Waals surface area contributed by atoms with E-state index in [9.17, 15) is 14.4 Å². The Bertz CT molecular complexity index is 1350. The Labute approximate surface area is 198 Å². The molecule has 0 unspecified atom stereocenters. The molecule has 0 saturated heterocycles. The number of Topliss-reactive ketones (excluding diaryl/α,β-unsaturated/α-hetero) is 1. The third-order valence-corrected chi connectivity index (χ3v) is 6.49. The van der Waals surface area contributed by atoms with E-state index in [4.69, 9.17) is 28.3 Å². The van der Waals surface area contributed by atoms with Gasteiger partial charge in [-0.3, -0.25) is 9.59 Å². The highest BCUT2D eigenvalue weighted by Gasteiger charge is 2.34. The molecule has 3 aliphatic rings. The molecule has 2 aliphatic carbocycles. The van der Waals surface area contributed by atoms with Crippen LogP contribution in [0.15, 0.2) is 35.5 Å². The van der Waals surface area contributed by atoms with Gasteiger partial charge in [0.1, 0.15) is 15.9 Å². The first kappa shape index (κ1) is 21.9. The van der Waals surface area contributed by atoms with Crippen LogP contribution in [0.25, 0.3) is 10.9 Å². The summed E-state index contributed by atoms with van der Waals surface area (Å²) in [5.74, 6) is -1.03. The fourth-order valence-corrected chi connectivity index (χ4v) is 4.45. The van der Waals surface area contributed by atoms with Crippen molar-refractivity contribution in [3.8, 4) is 0 Å². The summed E-state index contributed by atoms with van der Waals surface area (Å²) < 4.78 is 1.81. The van der Waals surface area contributed by atoms with Crippen molar-refractivity contribution in [3.05, 3.63) is 62.4 Å². The van der Waals surface area contributed by atoms with Gasteiger partial charge in [0.15, 0.2) is 5.78 Å². The average molecular weight is 487 g/mol. The van der Waals surface area contributed by atoms with Crippen LogP contribution in [0.2, 0.25) is 10.3 Å². The van der Waals surface area contributed by atoms with Crippen LogP contribution in [-0.4, -0.2) is 44.0 Å². The lowest BCUT2D eigenvalue weighted by atomic mass is 10.0. The Kier molecular flexibility index (Phi) is 5.58. The molecule has 3 aromatic heterocycles. The monoisotopic (exact) mass is 486 g/mol. The number of pyridine rings is 3. The zero-order chi connectivity index (χ0) is 23.3. The third-order valence-electron chi connectivity index (χ3n) is 6.08. The number of anilines is 1. The maximum absolute atomic E-state index is 12.0. The predicted octanol–water partition coefficient (Wildman–Crippen LogP) is 4.37. The molecule has 0 aromatic carbocycles. The molecule has 170 valence electrons. The summed E-state index contributed by atoms with van der Waals surface area (Å²) in [6, 6.07) is 4.29. The minimum atomic E-state index is -1.22. The first-order valence-electron chi connectivity index (χ1n) is 10.7. The quantitative estimate of drug-likeness (QED) is 0.547. The van der Waals surface area contributed by atoms with Crippen LogP contribution in [0, 0.1) is 0 Å². The molecule has 10 heteroatoms. The summed E-state index contributed by atoms with van der Waals surface area (Å²) in [6.07, 6.45) is 9.38. The van der Waals surface area contributed by atoms with E-state index in [1.165, 1.54) is 25.2 Å². The zero-order valence-electron chi connectivity index (χ0n) is 17.5. The number of carboxylic acid groups (broad SMARTS) is 1. The SMILES string of the molecule is O=C(O)c1cn(C2CC2)c2cc(Cl)ncc2c1=O.O=C1CCN(C2CC2)c2cc(Cl)ncc21. The molecule has 6 rings (SSSR count). The van der Waals surface area contributed by atoms with E-state index in [0.29, 0.717) is 33.7 Å². The van der Waals surface area contributed by atoms with E-state index >= 15 is 0 Å². The van der Waals surface area contributed by atoms with Crippen molar-refractivity contribution < 1.29 is 14.7 Å². The molecule has 4 heterocycles. The molecule has 2 saturated carbocycles. The molecule has 2 fully saturated rings. The van der Waals surface area contributed by atoms with E-state index in [1.807, 2.05) is 10.6 Å². The van der Waals surface area contributed by atoms with Gasteiger partial charge in [0, 0.05) is 43.6 Å². The van der Waals surface area contributed by atoms with Crippen LogP contribution in [0.3, 0.4) is 0 Å². The number of carbonyl (C=O) groups is 2. The molecule has 1 N–H and O–H groups in total. The van der Waals surface area contributed by atoms with E-state index < -0.39 is 11.4 Å². The minimum Gasteiger partial charge on any atom is -0.477 e. The van der Waals surface area contributed by atoms with E-state index in [1.54, 1.807) is 12.3 Å². The first-order chi connectivity index (χ1) is 15.8. The van der Waals surface area contributed by atoms with Crippen molar-refractivity contribution in [1.29, 1.82) is 0 Å². The van der Waals surface area contributed by atoms with Gasteiger partial charge in [0.2, 0.25) is 5.43 Å². The number of ketones is 1. The summed E-state index contributed by atoms with van der Waals surface area (Å²) in [6.45, 7) is 0.830. The number of fused-ring (bicyclic) bond motifs is 2. The van der Waals surface area contributed by atoms with Crippen LogP contribution < -0.4 is 10.3 Å². The molecule has 0 spiro atoms. The van der Waals surface area contributed by atoms with Crippen LogP contribution >= 0.6 is 23.2 Å². The third kappa shape index (κ3) is 4.32. The molecule has 0 radical (unpaired) electrons. The van der Waals surface area contributed by atoms with E-state index in [0.717, 1.165) is 30.6 Å². The van der Waals surface area contributed by atoms with Crippen LogP contribution in [0.1, 0.15) is 58.9 Å². The number of halogens is 2. The summed E-state index contributed by atoms with van der Waals surface area (Å²) >= 11 is 11.7. The summed E-state index contributed by atoms with van der Waals surface area (Å²) in [5, 5.41) is 10.1. The normalized spacial score (nSPS) is 17.4. The van der Waals surface area contributed by atoms with Gasteiger partial charge >= 0.3 is 5.97 Å². The smallest absolute Gasteiger partial charge is 0.341 e. The summed E-state index contributed by atoms with van der Waals surface area (Å²) in [5.41, 5.74) is 1.62. The molecule has 3 aromatic rings. The molecule has 0 amide bonds. The van der Waals surface area contributed by atoms with Crippen molar-refractivity contribution in [2.75, 3.05) is 11.4 Å². The first-order valence-corrected chi connectivity index (χ1v) is 11.5. The second kappa shape index (κ2) is 8.43. The topological polar surface area (TPSA) is 105 Å². The fourth-order valence-electron chi connectivity index (χ4n) is 4.14. The van der Waals surface area contributed by atoms with E-state index in [2.05, 4.69) is 14.9 Å². The fraction of sp³-hybridized carbons (Fsp3) is 0.348. The molecule has 1 aliphatic heterocycles. The number of hydrogen-bond donors (Lipinski definition) is 1. The molecule has 8 nitrogen and oxygen atoms in total. The maximum Gasteiger partial charge on any atom is 0.341 e. The van der Waals surface area contributed by atoms with Crippen molar-refractivity contribution >= 4 is 51.5 Å². The standard InChI is InChI=1S/C12H9ClN2O3.C11H11ClN2O/c13-10-3-9-7(4-14-10)11(16)8(12(17)18)5-15(9)6-1-2-6;12-11-5-9-8(6-13-11)10(15)3-4-14(9)7-1-2-7/h3-6H,1-2H2,(H,17,18);5-7H,1-4H2. The number of hydrogen-bond acceptors (Lipinski definition) is 6. The highest BCUT2D eigenvalue weighted by atomic mass is 35.5. The van der Waals surface area contributed by atoms with Gasteiger partial charge in [0.05, 0.1) is 22.2 Å². The molecular weight excluding hydrogens is 467 g/mol. The van der Waals surface area contributed by atoms with Gasteiger partial charge in [0.25, 0.3) is 0 Å². The Hall–Kier alpha value is -2.97. The Morgan fingerprint density at radius 3 is 2.33 bits per heavy atom. The Morgan fingerprint density at radius 2 is 1.67 bits per heavy atom. The molecular formula is C23H20Cl2N4O4. The van der Waals surface area contributed by atoms with Crippen molar-refractivity contribution in [2.45, 2.75) is 44.2 Å². The minimum absolute atomic E-state index is 0.186. The highest BCUT2D eigenvalue weighted by molar-refractivity contribution is 6.30. The van der Waals surface area contributed by atoms with Crippen LogP contribution in [-0.2, 0) is 0 Å². The van der Waals surface area contributed by atoms with Gasteiger partial charge in [-0.25, -0.2) is 14.8 Å². The van der Waals surface area contributed by atoms with Gasteiger partial charge in [-0.2, -0.15) is 0 Å². The molecule has 33 heavy (non-hydrogen) atoms. The largest absolute Gasteiger partial charge is 0.477 e. The average Bonchev–Trinajstić information content (AvgIpc) is 3.68. The zero-order valence-corrected chi connectivity index (χ0v) is 19.0. The van der Waals surface area contributed by atoms with Gasteiger partial charge in [-0.1, -0.05) is 23.2 Å². The predicted molar refractivity (Wildman–Crippen MR) is 125 cm³/mol. The maximum atomic E-state index is 12.0. The summed E-state index contributed by atoms with van der Waals surface area (Å²) in [4.78, 5) is 44.9. The van der Waals surface area contributed by atoms with Crippen molar-refractivity contribution in [3.63, 3.8) is 0 Å². The molecule has 0 bridgehead atoms. The second-order valence-electron chi connectivity index (χ2n) is 8.46. The highest BCUT2D eigenvalue weighted by Crippen LogP contribution is 2.38. The number of aromatic nitrogens is 3. The van der Waals surface area contributed by atoms with E-state index in [-0.39, 0.29) is 17.4 Å². The number of carboxylic acids is 1. The number of aromatic carboxylic acids is 1. The lowest BCUT2D eigenvalue weighted by molar-refractivity contribution is 0.0694. The second-order valence-corrected chi connectivity index (χ2v) is 9.24. The van der Waals surface area contributed by atoms with Crippen molar-refractivity contribution in [1.82, 2.24) is 14.5 Å². The van der Waals surface area contributed by atoms with Gasteiger partial charge in [-0.05, 0) is 37.8 Å². The lowest BCUT2D eigenvalue weighted by Gasteiger charge is -2.30.